The summed E-state index contributed by atoms with van der Waals surface area (Å²) >= 11 is 0. The van der Waals surface area contributed by atoms with Crippen LogP contribution in [0.2, 0.25) is 0 Å². The normalized spacial score (nSPS) is 16.4. The first-order chi connectivity index (χ1) is 11.4. The van der Waals surface area contributed by atoms with E-state index in [1.165, 1.54) is 0 Å². The van der Waals surface area contributed by atoms with E-state index in [1.54, 1.807) is 0 Å². The highest BCUT2D eigenvalue weighted by Crippen LogP contribution is 2.63. The SMILES string of the molecule is F[C](F)C(F)(F)C(F)(F)C(F)(F)C(F)(F)C(F)(F)C(F)(F)C(F)(F)C(F)F. The molecule has 0 aromatic heterocycles. The van der Waals surface area contributed by atoms with Crippen molar-refractivity contribution in [1.29, 1.82) is 0 Å². The predicted octanol–water partition coefficient (Wildman–Crippen LogP) is 6.13. The number of hydrogen-bond donors (Lipinski definition) is 0. The quantitative estimate of drug-likeness (QED) is 0.390. The standard InChI is InChI=1S/C9HF18/c10-1(11)3(14,15)5(18,19)7(22,23)9(26,27)8(24,25)6(20,21)4(16,17)2(12)13/h1H. The average Bonchev–Trinajstić information content (AvgIpc) is 2.45. The smallest absolute Gasteiger partial charge is 0.203 e. The molecule has 0 aromatic carbocycles. The van der Waals surface area contributed by atoms with E-state index in [0.717, 1.165) is 0 Å². The number of alkyl halides is 16. The first kappa shape index (κ1) is 25.7. The minimum absolute atomic E-state index is 5.07. The summed E-state index contributed by atoms with van der Waals surface area (Å²) in [5, 5.41) is 0. The van der Waals surface area contributed by atoms with Gasteiger partial charge in [-0.25, -0.2) is 8.78 Å². The van der Waals surface area contributed by atoms with Crippen LogP contribution in [0.4, 0.5) is 79.0 Å². The summed E-state index contributed by atoms with van der Waals surface area (Å²) in [4.78, 5) is 0. The predicted molar refractivity (Wildman–Crippen MR) is 46.1 cm³/mol. The molecule has 0 aliphatic carbocycles. The summed E-state index contributed by atoms with van der Waals surface area (Å²) in [6, 6.07) is 0. The fourth-order valence-corrected chi connectivity index (χ4v) is 1.25. The molecule has 1 radical (unpaired) electrons. The molecule has 0 aromatic rings. The molecule has 0 bridgehead atoms. The Kier molecular flexibility index (Phi) is 6.08. The van der Waals surface area contributed by atoms with Gasteiger partial charge in [-0.05, 0) is 0 Å². The summed E-state index contributed by atoms with van der Waals surface area (Å²) in [6.07, 6.45) is -11.0. The van der Waals surface area contributed by atoms with Crippen LogP contribution in [0, 0.1) is 6.43 Å². The fourth-order valence-electron chi connectivity index (χ4n) is 1.25. The van der Waals surface area contributed by atoms with Gasteiger partial charge in [-0.2, -0.15) is 70.2 Å². The van der Waals surface area contributed by atoms with Gasteiger partial charge in [-0.3, -0.25) is 0 Å². The first-order valence-corrected chi connectivity index (χ1v) is 5.50. The molecule has 0 aliphatic rings. The molecule has 0 atom stereocenters. The van der Waals surface area contributed by atoms with Crippen LogP contribution < -0.4 is 0 Å². The molecule has 0 saturated carbocycles. The molecule has 0 saturated heterocycles. The van der Waals surface area contributed by atoms with Gasteiger partial charge >= 0.3 is 54.3 Å². The second-order valence-electron chi connectivity index (χ2n) is 4.63. The van der Waals surface area contributed by atoms with Gasteiger partial charge in [-0.1, -0.05) is 0 Å². The van der Waals surface area contributed by atoms with Crippen molar-refractivity contribution in [3.8, 4) is 0 Å². The van der Waals surface area contributed by atoms with Crippen molar-refractivity contribution in [1.82, 2.24) is 0 Å². The topological polar surface area (TPSA) is 0 Å². The molecule has 0 N–H and O–H groups in total. The van der Waals surface area contributed by atoms with Gasteiger partial charge in [0.2, 0.25) is 0 Å². The Hall–Kier alpha value is -1.26. The second kappa shape index (κ2) is 6.38. The van der Waals surface area contributed by atoms with Gasteiger partial charge in [0, 0.05) is 0 Å². The lowest BCUT2D eigenvalue weighted by Gasteiger charge is -2.42. The summed E-state index contributed by atoms with van der Waals surface area (Å²) in [5.41, 5.74) is 0. The maximum atomic E-state index is 12.9. The first-order valence-electron chi connectivity index (χ1n) is 5.50. The van der Waals surface area contributed by atoms with Crippen molar-refractivity contribution in [3.05, 3.63) is 6.43 Å². The average molecular weight is 451 g/mol. The van der Waals surface area contributed by atoms with E-state index >= 15 is 0 Å². The van der Waals surface area contributed by atoms with Crippen LogP contribution in [-0.2, 0) is 0 Å². The molecule has 0 rings (SSSR count). The zero-order chi connectivity index (χ0) is 22.7. The summed E-state index contributed by atoms with van der Waals surface area (Å²) in [5.74, 6) is -57.5. The Morgan fingerprint density at radius 1 is 0.444 bits per heavy atom. The molecule has 0 unspecified atom stereocenters. The molecule has 27 heavy (non-hydrogen) atoms. The van der Waals surface area contributed by atoms with Gasteiger partial charge in [0.05, 0.1) is 0 Å². The molecule has 0 heterocycles. The lowest BCUT2D eigenvalue weighted by atomic mass is 9.89. The Morgan fingerprint density at radius 2 is 0.704 bits per heavy atom. The third kappa shape index (κ3) is 3.05. The van der Waals surface area contributed by atoms with Crippen molar-refractivity contribution in [2.75, 3.05) is 0 Å². The number of rotatable bonds is 8. The zero-order valence-corrected chi connectivity index (χ0v) is 11.4. The van der Waals surface area contributed by atoms with Crippen LogP contribution in [0.1, 0.15) is 0 Å². The summed E-state index contributed by atoms with van der Waals surface area (Å²) < 4.78 is 224. The highest BCUT2D eigenvalue weighted by atomic mass is 19.4. The molecule has 0 fully saturated rings. The molecule has 0 aliphatic heterocycles. The van der Waals surface area contributed by atoms with Crippen molar-refractivity contribution in [2.45, 2.75) is 47.9 Å². The Morgan fingerprint density at radius 3 is 0.963 bits per heavy atom. The maximum Gasteiger partial charge on any atom is 0.385 e. The molecule has 0 amide bonds. The van der Waals surface area contributed by atoms with Crippen LogP contribution in [0.15, 0.2) is 0 Å². The Labute approximate surface area is 135 Å². The molecule has 0 nitrogen and oxygen atoms in total. The van der Waals surface area contributed by atoms with E-state index in [-0.39, 0.29) is 0 Å². The number of hydrogen-bond acceptors (Lipinski definition) is 0. The number of halogens is 18. The van der Waals surface area contributed by atoms with Gasteiger partial charge < -0.3 is 0 Å². The van der Waals surface area contributed by atoms with Crippen LogP contribution in [0.5, 0.6) is 0 Å². The van der Waals surface area contributed by atoms with Gasteiger partial charge in [0.15, 0.2) is 0 Å². The largest absolute Gasteiger partial charge is 0.385 e. The van der Waals surface area contributed by atoms with Gasteiger partial charge in [-0.15, -0.1) is 0 Å². The Balaban J connectivity index is 6.62. The van der Waals surface area contributed by atoms with E-state index in [2.05, 4.69) is 0 Å². The van der Waals surface area contributed by atoms with E-state index in [1.807, 2.05) is 0 Å². The highest BCUT2D eigenvalue weighted by Gasteiger charge is 2.94. The lowest BCUT2D eigenvalue weighted by molar-refractivity contribution is -0.447. The zero-order valence-electron chi connectivity index (χ0n) is 11.4. The van der Waals surface area contributed by atoms with Gasteiger partial charge in [0.1, 0.15) is 0 Å². The molecule has 0 spiro atoms. The van der Waals surface area contributed by atoms with Crippen molar-refractivity contribution in [2.24, 2.45) is 0 Å². The third-order valence-corrected chi connectivity index (χ3v) is 2.90. The van der Waals surface area contributed by atoms with Crippen molar-refractivity contribution < 1.29 is 79.0 Å². The van der Waals surface area contributed by atoms with Crippen LogP contribution in [-0.4, -0.2) is 47.9 Å². The van der Waals surface area contributed by atoms with E-state index < -0.39 is 54.3 Å². The van der Waals surface area contributed by atoms with Crippen molar-refractivity contribution in [3.63, 3.8) is 0 Å². The lowest BCUT2D eigenvalue weighted by Crippen LogP contribution is -2.73. The fraction of sp³-hybridized carbons (Fsp3) is 0.889. The van der Waals surface area contributed by atoms with E-state index in [4.69, 9.17) is 0 Å². The molecular formula is C9HF18. The molecular weight excluding hydrogens is 450 g/mol. The molecule has 18 heteroatoms. The van der Waals surface area contributed by atoms with E-state index in [0.29, 0.717) is 0 Å². The Bertz CT molecular complexity index is 483. The molecule has 163 valence electrons. The van der Waals surface area contributed by atoms with Gasteiger partial charge in [0.25, 0.3) is 0 Å². The van der Waals surface area contributed by atoms with Crippen molar-refractivity contribution >= 4 is 0 Å². The summed E-state index contributed by atoms with van der Waals surface area (Å²) in [7, 11) is 0. The minimum atomic E-state index is -8.66. The highest BCUT2D eigenvalue weighted by molar-refractivity contribution is 5.16. The van der Waals surface area contributed by atoms with Crippen LogP contribution in [0.3, 0.4) is 0 Å². The third-order valence-electron chi connectivity index (χ3n) is 2.90. The monoisotopic (exact) mass is 451 g/mol. The second-order valence-corrected chi connectivity index (χ2v) is 4.63. The van der Waals surface area contributed by atoms with Crippen LogP contribution >= 0.6 is 0 Å². The minimum Gasteiger partial charge on any atom is -0.203 e. The van der Waals surface area contributed by atoms with E-state index in [9.17, 15) is 79.0 Å². The maximum absolute atomic E-state index is 12.9. The summed E-state index contributed by atoms with van der Waals surface area (Å²) in [6.45, 7) is 0. The van der Waals surface area contributed by atoms with Crippen LogP contribution in [0.25, 0.3) is 0 Å².